The number of piperidine rings is 1. The molecule has 1 saturated heterocycles. The van der Waals surface area contributed by atoms with Gasteiger partial charge in [-0.05, 0) is 30.9 Å². The van der Waals surface area contributed by atoms with Crippen molar-refractivity contribution in [3.8, 4) is 0 Å². The molecule has 5 heteroatoms. The van der Waals surface area contributed by atoms with E-state index in [0.717, 1.165) is 19.4 Å². The Morgan fingerprint density at radius 3 is 3.05 bits per heavy atom. The van der Waals surface area contributed by atoms with Gasteiger partial charge in [0, 0.05) is 25.9 Å². The van der Waals surface area contributed by atoms with Gasteiger partial charge in [0.15, 0.2) is 0 Å². The minimum Gasteiger partial charge on any atom is -0.398 e. The van der Waals surface area contributed by atoms with Crippen LogP contribution in [0.25, 0.3) is 0 Å². The van der Waals surface area contributed by atoms with Gasteiger partial charge in [0.1, 0.15) is 0 Å². The largest absolute Gasteiger partial charge is 0.398 e. The number of anilines is 1. The first-order chi connectivity index (χ1) is 9.13. The summed E-state index contributed by atoms with van der Waals surface area (Å²) in [5.41, 5.74) is 6.72. The van der Waals surface area contributed by atoms with E-state index in [2.05, 4.69) is 0 Å². The van der Waals surface area contributed by atoms with E-state index in [4.69, 9.17) is 22.1 Å². The van der Waals surface area contributed by atoms with Crippen molar-refractivity contribution >= 4 is 23.2 Å². The lowest BCUT2D eigenvalue weighted by Crippen LogP contribution is -2.41. The molecule has 4 nitrogen and oxygen atoms in total. The normalized spacial score (nSPS) is 19.5. The van der Waals surface area contributed by atoms with E-state index in [0.29, 0.717) is 35.3 Å². The fourth-order valence-electron chi connectivity index (χ4n) is 2.55. The number of nitrogen functional groups attached to an aromatic ring is 1. The van der Waals surface area contributed by atoms with Crippen LogP contribution in [-0.2, 0) is 4.74 Å². The van der Waals surface area contributed by atoms with Gasteiger partial charge in [-0.1, -0.05) is 17.7 Å². The third-order valence-electron chi connectivity index (χ3n) is 3.47. The Balaban J connectivity index is 2.15. The third kappa shape index (κ3) is 3.19. The molecule has 1 aromatic rings. The average molecular weight is 283 g/mol. The van der Waals surface area contributed by atoms with E-state index in [9.17, 15) is 4.79 Å². The van der Waals surface area contributed by atoms with Crippen molar-refractivity contribution in [2.45, 2.75) is 12.8 Å². The Morgan fingerprint density at radius 2 is 2.37 bits per heavy atom. The number of nitrogens with two attached hydrogens (primary N) is 1. The summed E-state index contributed by atoms with van der Waals surface area (Å²) in [6.45, 7) is 2.14. The maximum absolute atomic E-state index is 12.5. The Morgan fingerprint density at radius 1 is 1.58 bits per heavy atom. The second-order valence-electron chi connectivity index (χ2n) is 4.92. The molecule has 0 radical (unpaired) electrons. The highest BCUT2D eigenvalue weighted by molar-refractivity contribution is 6.34. The van der Waals surface area contributed by atoms with Gasteiger partial charge in [0.25, 0.3) is 5.91 Å². The molecule has 1 amide bonds. The second-order valence-corrected chi connectivity index (χ2v) is 5.33. The number of likely N-dealkylation sites (tertiary alicyclic amines) is 1. The van der Waals surface area contributed by atoms with Crippen LogP contribution in [0.5, 0.6) is 0 Å². The van der Waals surface area contributed by atoms with Crippen LogP contribution in [0.4, 0.5) is 5.69 Å². The SMILES string of the molecule is COCC1CCCN(C(=O)c2c(N)cccc2Cl)C1. The van der Waals surface area contributed by atoms with Gasteiger partial charge in [-0.25, -0.2) is 0 Å². The maximum atomic E-state index is 12.5. The predicted molar refractivity (Wildman–Crippen MR) is 76.4 cm³/mol. The molecule has 0 bridgehead atoms. The van der Waals surface area contributed by atoms with E-state index in [1.807, 2.05) is 4.90 Å². The number of hydrogen-bond acceptors (Lipinski definition) is 3. The van der Waals surface area contributed by atoms with Crippen molar-refractivity contribution in [3.63, 3.8) is 0 Å². The van der Waals surface area contributed by atoms with Gasteiger partial charge in [-0.15, -0.1) is 0 Å². The van der Waals surface area contributed by atoms with E-state index in [1.54, 1.807) is 25.3 Å². The first kappa shape index (κ1) is 14.2. The van der Waals surface area contributed by atoms with Crippen LogP contribution in [0, 0.1) is 5.92 Å². The van der Waals surface area contributed by atoms with E-state index >= 15 is 0 Å². The number of rotatable bonds is 3. The van der Waals surface area contributed by atoms with Crippen LogP contribution in [0.15, 0.2) is 18.2 Å². The van der Waals surface area contributed by atoms with Crippen molar-refractivity contribution in [2.75, 3.05) is 32.5 Å². The van der Waals surface area contributed by atoms with Crippen LogP contribution in [0.2, 0.25) is 5.02 Å². The lowest BCUT2D eigenvalue weighted by Gasteiger charge is -2.32. The molecule has 1 atom stereocenters. The molecule has 1 aliphatic heterocycles. The summed E-state index contributed by atoms with van der Waals surface area (Å²) < 4.78 is 5.17. The first-order valence-corrected chi connectivity index (χ1v) is 6.83. The molecule has 2 N–H and O–H groups in total. The smallest absolute Gasteiger partial charge is 0.257 e. The summed E-state index contributed by atoms with van der Waals surface area (Å²) in [7, 11) is 1.69. The quantitative estimate of drug-likeness (QED) is 0.866. The number of amides is 1. The number of benzene rings is 1. The van der Waals surface area contributed by atoms with Crippen molar-refractivity contribution in [1.82, 2.24) is 4.90 Å². The van der Waals surface area contributed by atoms with E-state index in [1.165, 1.54) is 0 Å². The van der Waals surface area contributed by atoms with Crippen LogP contribution >= 0.6 is 11.6 Å². The molecule has 0 aliphatic carbocycles. The summed E-state index contributed by atoms with van der Waals surface area (Å²) in [4.78, 5) is 14.3. The number of carbonyl (C=O) groups excluding carboxylic acids is 1. The predicted octanol–water partition coefficient (Wildman–Crippen LogP) is 2.42. The molecule has 0 saturated carbocycles. The van der Waals surface area contributed by atoms with E-state index < -0.39 is 0 Å². The molecule has 19 heavy (non-hydrogen) atoms. The number of halogens is 1. The van der Waals surface area contributed by atoms with Crippen LogP contribution in [0.3, 0.4) is 0 Å². The minimum atomic E-state index is -0.0797. The van der Waals surface area contributed by atoms with E-state index in [-0.39, 0.29) is 5.91 Å². The molecule has 0 spiro atoms. The average Bonchev–Trinajstić information content (AvgIpc) is 2.39. The van der Waals surface area contributed by atoms with Gasteiger partial charge in [-0.3, -0.25) is 4.79 Å². The minimum absolute atomic E-state index is 0.0797. The Kier molecular flexibility index (Phi) is 4.66. The Labute approximate surface area is 118 Å². The number of carbonyl (C=O) groups is 1. The van der Waals surface area contributed by atoms with Gasteiger partial charge < -0.3 is 15.4 Å². The lowest BCUT2D eigenvalue weighted by molar-refractivity contribution is 0.0572. The number of hydrogen-bond donors (Lipinski definition) is 1. The fraction of sp³-hybridized carbons (Fsp3) is 0.500. The lowest BCUT2D eigenvalue weighted by atomic mass is 9.98. The molecular formula is C14H19ClN2O2. The summed E-state index contributed by atoms with van der Waals surface area (Å²) in [6, 6.07) is 5.15. The van der Waals surface area contributed by atoms with Gasteiger partial charge >= 0.3 is 0 Å². The van der Waals surface area contributed by atoms with Crippen molar-refractivity contribution < 1.29 is 9.53 Å². The Bertz CT molecular complexity index is 443. The molecule has 1 heterocycles. The first-order valence-electron chi connectivity index (χ1n) is 6.45. The van der Waals surface area contributed by atoms with Crippen molar-refractivity contribution in [2.24, 2.45) is 5.92 Å². The van der Waals surface area contributed by atoms with Crippen molar-refractivity contribution in [1.29, 1.82) is 0 Å². The summed E-state index contributed by atoms with van der Waals surface area (Å²) >= 11 is 6.09. The zero-order chi connectivity index (χ0) is 13.8. The highest BCUT2D eigenvalue weighted by Gasteiger charge is 2.26. The number of ether oxygens (including phenoxy) is 1. The molecular weight excluding hydrogens is 264 g/mol. The Hall–Kier alpha value is -1.26. The van der Waals surface area contributed by atoms with Crippen molar-refractivity contribution in [3.05, 3.63) is 28.8 Å². The third-order valence-corrected chi connectivity index (χ3v) is 3.78. The highest BCUT2D eigenvalue weighted by atomic mass is 35.5. The monoisotopic (exact) mass is 282 g/mol. The molecule has 1 aromatic carbocycles. The van der Waals surface area contributed by atoms with Gasteiger partial charge in [0.2, 0.25) is 0 Å². The topological polar surface area (TPSA) is 55.6 Å². The molecule has 2 rings (SSSR count). The number of methoxy groups -OCH3 is 1. The second kappa shape index (κ2) is 6.26. The molecule has 1 unspecified atom stereocenters. The highest BCUT2D eigenvalue weighted by Crippen LogP contribution is 2.26. The zero-order valence-corrected chi connectivity index (χ0v) is 11.8. The van der Waals surface area contributed by atoms with Crippen LogP contribution < -0.4 is 5.73 Å². The summed E-state index contributed by atoms with van der Waals surface area (Å²) in [6.07, 6.45) is 2.08. The standard InChI is InChI=1S/C14H19ClN2O2/c1-19-9-10-4-3-7-17(8-10)14(18)13-11(15)5-2-6-12(13)16/h2,5-6,10H,3-4,7-9,16H2,1H3. The van der Waals surface area contributed by atoms with Crippen LogP contribution in [0.1, 0.15) is 23.2 Å². The summed E-state index contributed by atoms with van der Waals surface area (Å²) in [5, 5.41) is 0.416. The summed E-state index contributed by atoms with van der Waals surface area (Å²) in [5.74, 6) is 0.315. The maximum Gasteiger partial charge on any atom is 0.257 e. The van der Waals surface area contributed by atoms with Crippen LogP contribution in [-0.4, -0.2) is 37.6 Å². The molecule has 104 valence electrons. The molecule has 1 aliphatic rings. The zero-order valence-electron chi connectivity index (χ0n) is 11.1. The number of nitrogens with zero attached hydrogens (tertiary/aromatic N) is 1. The van der Waals surface area contributed by atoms with Gasteiger partial charge in [-0.2, -0.15) is 0 Å². The fourth-order valence-corrected chi connectivity index (χ4v) is 2.81. The molecule has 0 aromatic heterocycles. The van der Waals surface area contributed by atoms with Gasteiger partial charge in [0.05, 0.1) is 17.2 Å². The molecule has 1 fully saturated rings.